The van der Waals surface area contributed by atoms with Crippen LogP contribution >= 0.6 is 0 Å². The fourth-order valence-corrected chi connectivity index (χ4v) is 1.24. The van der Waals surface area contributed by atoms with Gasteiger partial charge in [0.25, 0.3) is 5.92 Å². The van der Waals surface area contributed by atoms with Crippen molar-refractivity contribution in [2.24, 2.45) is 11.8 Å². The van der Waals surface area contributed by atoms with Crippen LogP contribution in [0.1, 0.15) is 26.7 Å². The lowest BCUT2D eigenvalue weighted by Crippen LogP contribution is -2.05. The monoisotopic (exact) mass is 238 g/mol. The van der Waals surface area contributed by atoms with Crippen molar-refractivity contribution >= 4 is 11.9 Å². The first-order chi connectivity index (χ1) is 7.32. The molecule has 0 aromatic heterocycles. The summed E-state index contributed by atoms with van der Waals surface area (Å²) in [6, 6.07) is 0. The van der Waals surface area contributed by atoms with Gasteiger partial charge in [-0.25, -0.2) is 8.78 Å². The van der Waals surface area contributed by atoms with Crippen LogP contribution in [0.5, 0.6) is 0 Å². The van der Waals surface area contributed by atoms with E-state index < -0.39 is 36.1 Å². The summed E-state index contributed by atoms with van der Waals surface area (Å²) >= 11 is 0. The Balaban J connectivity index is 0.000000673. The summed E-state index contributed by atoms with van der Waals surface area (Å²) in [6.45, 7) is 4.25. The van der Waals surface area contributed by atoms with Gasteiger partial charge in [0.1, 0.15) is 5.92 Å². The van der Waals surface area contributed by atoms with Gasteiger partial charge in [-0.2, -0.15) is 0 Å². The van der Waals surface area contributed by atoms with Crippen LogP contribution in [0.4, 0.5) is 8.78 Å². The Kier molecular flexibility index (Phi) is 5.33. The van der Waals surface area contributed by atoms with Gasteiger partial charge < -0.3 is 9.84 Å². The van der Waals surface area contributed by atoms with Crippen LogP contribution in [-0.4, -0.2) is 30.1 Å². The minimum Gasteiger partial charge on any atom is -0.481 e. The third-order valence-corrected chi connectivity index (χ3v) is 2.08. The number of esters is 1. The summed E-state index contributed by atoms with van der Waals surface area (Å²) in [5.74, 6) is -8.78. The second-order valence-corrected chi connectivity index (χ2v) is 3.58. The highest BCUT2D eigenvalue weighted by atomic mass is 19.3. The molecular formula is C10H16F2O4. The molecule has 0 aliphatic heterocycles. The maximum Gasteiger partial charge on any atom is 0.313 e. The summed E-state index contributed by atoms with van der Waals surface area (Å²) in [7, 11) is 1.07. The molecule has 1 saturated carbocycles. The molecule has 4 nitrogen and oxygen atoms in total. The fraction of sp³-hybridized carbons (Fsp3) is 0.800. The third kappa shape index (κ3) is 3.43. The second kappa shape index (κ2) is 5.77. The van der Waals surface area contributed by atoms with E-state index in [0.717, 1.165) is 7.11 Å². The van der Waals surface area contributed by atoms with Crippen LogP contribution in [0.2, 0.25) is 0 Å². The zero-order chi connectivity index (χ0) is 12.9. The van der Waals surface area contributed by atoms with Gasteiger partial charge in [0, 0.05) is 0 Å². The minimum atomic E-state index is -3.26. The van der Waals surface area contributed by atoms with Crippen LogP contribution in [-0.2, 0) is 14.3 Å². The Bertz CT molecular complexity index is 266. The largest absolute Gasteiger partial charge is 0.481 e. The van der Waals surface area contributed by atoms with Gasteiger partial charge in [-0.15, -0.1) is 0 Å². The Morgan fingerprint density at radius 1 is 1.38 bits per heavy atom. The lowest BCUT2D eigenvalue weighted by molar-refractivity contribution is -0.141. The zero-order valence-corrected chi connectivity index (χ0v) is 9.50. The highest BCUT2D eigenvalue weighted by Crippen LogP contribution is 2.57. The summed E-state index contributed by atoms with van der Waals surface area (Å²) in [6.07, 6.45) is 0.709. The van der Waals surface area contributed by atoms with Crippen molar-refractivity contribution in [1.82, 2.24) is 0 Å². The first-order valence-electron chi connectivity index (χ1n) is 5.00. The number of carboxylic acids is 1. The van der Waals surface area contributed by atoms with Gasteiger partial charge in [-0.05, 0) is 0 Å². The number of carbonyl (C=O) groups excluding carboxylic acids is 1. The molecule has 0 radical (unpaired) electrons. The summed E-state index contributed by atoms with van der Waals surface area (Å²) in [4.78, 5) is 20.8. The lowest BCUT2D eigenvalue weighted by atomic mass is 10.2. The van der Waals surface area contributed by atoms with E-state index in [-0.39, 0.29) is 0 Å². The van der Waals surface area contributed by atoms with E-state index in [4.69, 9.17) is 5.11 Å². The predicted molar refractivity (Wildman–Crippen MR) is 52.2 cm³/mol. The van der Waals surface area contributed by atoms with Gasteiger partial charge >= 0.3 is 11.9 Å². The average Bonchev–Trinajstić information content (AvgIpc) is 2.69. The molecule has 0 saturated heterocycles. The first-order valence-corrected chi connectivity index (χ1v) is 5.00. The van der Waals surface area contributed by atoms with E-state index in [1.54, 1.807) is 0 Å². The van der Waals surface area contributed by atoms with Gasteiger partial charge in [-0.3, -0.25) is 9.59 Å². The number of carboxylic acid groups (broad SMARTS) is 1. The molecule has 16 heavy (non-hydrogen) atoms. The molecule has 0 heterocycles. The van der Waals surface area contributed by atoms with E-state index in [1.807, 2.05) is 0 Å². The van der Waals surface area contributed by atoms with E-state index in [0.29, 0.717) is 0 Å². The number of halogens is 2. The van der Waals surface area contributed by atoms with Gasteiger partial charge in [0.15, 0.2) is 0 Å². The summed E-state index contributed by atoms with van der Waals surface area (Å²) in [5.41, 5.74) is 0. The van der Waals surface area contributed by atoms with Gasteiger partial charge in [-0.1, -0.05) is 20.3 Å². The van der Waals surface area contributed by atoms with Gasteiger partial charge in [0.2, 0.25) is 0 Å². The number of carbonyl (C=O) groups is 2. The van der Waals surface area contributed by atoms with Crippen LogP contribution in [0.25, 0.3) is 0 Å². The molecule has 0 aromatic carbocycles. The molecule has 1 aliphatic carbocycles. The molecule has 0 aromatic rings. The average molecular weight is 238 g/mol. The number of alkyl halides is 2. The quantitative estimate of drug-likeness (QED) is 0.763. The van der Waals surface area contributed by atoms with Crippen molar-refractivity contribution in [3.05, 3.63) is 0 Å². The van der Waals surface area contributed by atoms with E-state index in [9.17, 15) is 18.4 Å². The normalized spacial score (nSPS) is 25.1. The topological polar surface area (TPSA) is 63.6 Å². The number of hydrogen-bond donors (Lipinski definition) is 1. The molecule has 6 heteroatoms. The molecule has 0 amide bonds. The van der Waals surface area contributed by atoms with E-state index in [1.165, 1.54) is 6.42 Å². The van der Waals surface area contributed by atoms with Crippen LogP contribution in [0, 0.1) is 11.8 Å². The van der Waals surface area contributed by atoms with Crippen molar-refractivity contribution in [2.75, 3.05) is 7.11 Å². The number of aliphatic carboxylic acids is 1. The van der Waals surface area contributed by atoms with Crippen LogP contribution < -0.4 is 0 Å². The molecule has 0 bridgehead atoms. The molecule has 1 fully saturated rings. The second-order valence-electron chi connectivity index (χ2n) is 3.58. The highest BCUT2D eigenvalue weighted by Gasteiger charge is 2.72. The SMILES string of the molecule is CCC.COC(=O)CC1C(C(=O)O)C1(F)F. The van der Waals surface area contributed by atoms with E-state index in [2.05, 4.69) is 18.6 Å². The molecular weight excluding hydrogens is 222 g/mol. The third-order valence-electron chi connectivity index (χ3n) is 2.08. The summed E-state index contributed by atoms with van der Waals surface area (Å²) in [5, 5.41) is 8.31. The van der Waals surface area contributed by atoms with Crippen molar-refractivity contribution < 1.29 is 28.2 Å². The highest BCUT2D eigenvalue weighted by molar-refractivity contribution is 5.79. The van der Waals surface area contributed by atoms with Crippen molar-refractivity contribution in [3.8, 4) is 0 Å². The summed E-state index contributed by atoms with van der Waals surface area (Å²) < 4.78 is 29.4. The lowest BCUT2D eigenvalue weighted by Gasteiger charge is -1.95. The van der Waals surface area contributed by atoms with Crippen LogP contribution in [0.15, 0.2) is 0 Å². The molecule has 0 spiro atoms. The minimum absolute atomic E-state index is 0.541. The number of methoxy groups -OCH3 is 1. The Morgan fingerprint density at radius 2 is 1.81 bits per heavy atom. The molecule has 2 unspecified atom stereocenters. The first kappa shape index (κ1) is 14.8. The van der Waals surface area contributed by atoms with Crippen molar-refractivity contribution in [3.63, 3.8) is 0 Å². The smallest absolute Gasteiger partial charge is 0.313 e. The maximum absolute atomic E-state index is 12.6. The molecule has 1 aliphatic rings. The molecule has 1 N–H and O–H groups in total. The molecule has 94 valence electrons. The zero-order valence-electron chi connectivity index (χ0n) is 9.50. The molecule has 1 rings (SSSR count). The number of rotatable bonds is 3. The maximum atomic E-state index is 12.6. The Labute approximate surface area is 92.6 Å². The standard InChI is InChI=1S/C7H8F2O4.C3H8/c1-13-4(10)2-3-5(6(11)12)7(3,8)9;1-3-2/h3,5H,2H2,1H3,(H,11,12);3H2,1-2H3. The van der Waals surface area contributed by atoms with Crippen molar-refractivity contribution in [1.29, 1.82) is 0 Å². The fourth-order valence-electron chi connectivity index (χ4n) is 1.24. The Hall–Kier alpha value is -1.20. The predicted octanol–water partition coefficient (Wildman–Crippen LogP) is 1.93. The van der Waals surface area contributed by atoms with Crippen molar-refractivity contribution in [2.45, 2.75) is 32.6 Å². The van der Waals surface area contributed by atoms with Gasteiger partial charge in [0.05, 0.1) is 19.4 Å². The Morgan fingerprint density at radius 3 is 2.06 bits per heavy atom. The van der Waals surface area contributed by atoms with Crippen LogP contribution in [0.3, 0.4) is 0 Å². The number of ether oxygens (including phenoxy) is 1. The molecule has 2 atom stereocenters. The number of hydrogen-bond acceptors (Lipinski definition) is 3. The van der Waals surface area contributed by atoms with E-state index >= 15 is 0 Å².